The van der Waals surface area contributed by atoms with Crippen molar-refractivity contribution >= 4 is 0 Å². The molecular weight excluding hydrogens is 200 g/mol. The van der Waals surface area contributed by atoms with E-state index >= 15 is 0 Å². The van der Waals surface area contributed by atoms with Crippen molar-refractivity contribution in [2.24, 2.45) is 0 Å². The van der Waals surface area contributed by atoms with Crippen molar-refractivity contribution in [1.29, 1.82) is 5.26 Å². The van der Waals surface area contributed by atoms with Crippen LogP contribution in [0, 0.1) is 11.3 Å². The third-order valence-electron chi connectivity index (χ3n) is 2.97. The topological polar surface area (TPSA) is 65.4 Å². The van der Waals surface area contributed by atoms with E-state index in [9.17, 15) is 0 Å². The number of H-pyrrole nitrogens is 1. The molecule has 1 aliphatic rings. The van der Waals surface area contributed by atoms with Crippen LogP contribution in [0.2, 0.25) is 0 Å². The molecule has 2 heterocycles. The van der Waals surface area contributed by atoms with E-state index in [1.807, 2.05) is 12.1 Å². The Kier molecular flexibility index (Phi) is 1.80. The van der Waals surface area contributed by atoms with Gasteiger partial charge in [0.15, 0.2) is 0 Å². The summed E-state index contributed by atoms with van der Waals surface area (Å²) in [6, 6.07) is 6.17. The minimum absolute atomic E-state index is 0.347. The van der Waals surface area contributed by atoms with Gasteiger partial charge < -0.3 is 4.98 Å². The number of pyridine rings is 1. The zero-order chi connectivity index (χ0) is 11.0. The Balaban J connectivity index is 1.98. The first-order chi connectivity index (χ1) is 7.84. The van der Waals surface area contributed by atoms with Gasteiger partial charge in [0.1, 0.15) is 11.2 Å². The molecule has 0 radical (unpaired) electrons. The van der Waals surface area contributed by atoms with Crippen molar-refractivity contribution in [3.8, 4) is 17.3 Å². The number of hydrogen-bond donors (Lipinski definition) is 1. The molecule has 0 bridgehead atoms. The van der Waals surface area contributed by atoms with Crippen LogP contribution in [0.15, 0.2) is 30.7 Å². The van der Waals surface area contributed by atoms with E-state index in [4.69, 9.17) is 5.26 Å². The van der Waals surface area contributed by atoms with E-state index in [1.54, 1.807) is 18.6 Å². The highest BCUT2D eigenvalue weighted by molar-refractivity contribution is 5.57. The molecule has 0 unspecified atom stereocenters. The summed E-state index contributed by atoms with van der Waals surface area (Å²) < 4.78 is 0. The number of imidazole rings is 1. The molecule has 1 aliphatic carbocycles. The average molecular weight is 210 g/mol. The van der Waals surface area contributed by atoms with E-state index in [2.05, 4.69) is 21.0 Å². The number of rotatable bonds is 2. The molecule has 78 valence electrons. The van der Waals surface area contributed by atoms with Gasteiger partial charge in [-0.1, -0.05) is 0 Å². The van der Waals surface area contributed by atoms with Crippen LogP contribution in [0.1, 0.15) is 18.7 Å². The van der Waals surface area contributed by atoms with Gasteiger partial charge in [0, 0.05) is 18.0 Å². The van der Waals surface area contributed by atoms with Crippen LogP contribution >= 0.6 is 0 Å². The standard InChI is InChI=1S/C12H10N4/c13-8-12(3-4-12)11-15-7-10(16-11)9-2-1-5-14-6-9/h1-2,5-7H,3-4H2,(H,15,16). The number of nitrogens with one attached hydrogen (secondary N) is 1. The minimum Gasteiger partial charge on any atom is -0.341 e. The largest absolute Gasteiger partial charge is 0.341 e. The van der Waals surface area contributed by atoms with Crippen LogP contribution in [-0.4, -0.2) is 15.0 Å². The Morgan fingerprint density at radius 2 is 2.25 bits per heavy atom. The van der Waals surface area contributed by atoms with Gasteiger partial charge in [-0.3, -0.25) is 4.98 Å². The molecule has 4 nitrogen and oxygen atoms in total. The minimum atomic E-state index is -0.347. The van der Waals surface area contributed by atoms with Crippen LogP contribution in [-0.2, 0) is 5.41 Å². The van der Waals surface area contributed by atoms with E-state index in [0.717, 1.165) is 29.9 Å². The smallest absolute Gasteiger partial charge is 0.127 e. The Morgan fingerprint density at radius 1 is 1.38 bits per heavy atom. The highest BCUT2D eigenvalue weighted by Gasteiger charge is 2.47. The summed E-state index contributed by atoms with van der Waals surface area (Å²) in [6.07, 6.45) is 7.10. The number of nitrogens with zero attached hydrogens (tertiary/aromatic N) is 3. The lowest BCUT2D eigenvalue weighted by Crippen LogP contribution is -2.04. The molecule has 0 atom stereocenters. The average Bonchev–Trinajstić information content (AvgIpc) is 3.00. The van der Waals surface area contributed by atoms with Crippen molar-refractivity contribution in [1.82, 2.24) is 15.0 Å². The zero-order valence-corrected chi connectivity index (χ0v) is 8.64. The fourth-order valence-corrected chi connectivity index (χ4v) is 1.76. The number of hydrogen-bond acceptors (Lipinski definition) is 3. The second-order valence-corrected chi connectivity index (χ2v) is 4.08. The Morgan fingerprint density at radius 3 is 2.88 bits per heavy atom. The Bertz CT molecular complexity index is 546. The molecule has 16 heavy (non-hydrogen) atoms. The van der Waals surface area contributed by atoms with Gasteiger partial charge in [-0.15, -0.1) is 0 Å². The summed E-state index contributed by atoms with van der Waals surface area (Å²) in [6.45, 7) is 0. The Labute approximate surface area is 93.0 Å². The van der Waals surface area contributed by atoms with Gasteiger partial charge in [0.25, 0.3) is 0 Å². The molecule has 2 aromatic rings. The van der Waals surface area contributed by atoms with Gasteiger partial charge in [-0.05, 0) is 25.0 Å². The quantitative estimate of drug-likeness (QED) is 0.824. The molecule has 0 amide bonds. The van der Waals surface area contributed by atoms with Crippen LogP contribution in [0.25, 0.3) is 11.3 Å². The molecule has 0 saturated heterocycles. The highest BCUT2D eigenvalue weighted by Crippen LogP contribution is 2.46. The van der Waals surface area contributed by atoms with E-state index < -0.39 is 0 Å². The predicted molar refractivity (Wildman–Crippen MR) is 58.3 cm³/mol. The lowest BCUT2D eigenvalue weighted by Gasteiger charge is -1.99. The summed E-state index contributed by atoms with van der Waals surface area (Å²) in [7, 11) is 0. The first-order valence-electron chi connectivity index (χ1n) is 5.21. The monoisotopic (exact) mass is 210 g/mol. The maximum Gasteiger partial charge on any atom is 0.127 e. The molecule has 0 spiro atoms. The SMILES string of the molecule is N#CC1(c2ncc(-c3cccnc3)[nH]2)CC1. The van der Waals surface area contributed by atoms with Crippen molar-refractivity contribution < 1.29 is 0 Å². The summed E-state index contributed by atoms with van der Waals surface area (Å²) in [5.74, 6) is 0.786. The van der Waals surface area contributed by atoms with Crippen molar-refractivity contribution in [2.75, 3.05) is 0 Å². The van der Waals surface area contributed by atoms with Gasteiger partial charge in [-0.2, -0.15) is 5.26 Å². The number of nitriles is 1. The fourth-order valence-electron chi connectivity index (χ4n) is 1.76. The molecule has 1 N–H and O–H groups in total. The van der Waals surface area contributed by atoms with Crippen molar-refractivity contribution in [3.63, 3.8) is 0 Å². The van der Waals surface area contributed by atoms with E-state index in [-0.39, 0.29) is 5.41 Å². The summed E-state index contributed by atoms with van der Waals surface area (Å²) >= 11 is 0. The zero-order valence-electron chi connectivity index (χ0n) is 8.64. The van der Waals surface area contributed by atoms with Gasteiger partial charge in [0.2, 0.25) is 0 Å². The highest BCUT2D eigenvalue weighted by atomic mass is 15.0. The molecule has 0 aliphatic heterocycles. The van der Waals surface area contributed by atoms with Crippen molar-refractivity contribution in [3.05, 3.63) is 36.5 Å². The molecule has 4 heteroatoms. The van der Waals surface area contributed by atoms with Crippen LogP contribution in [0.5, 0.6) is 0 Å². The maximum atomic E-state index is 9.07. The number of aromatic amines is 1. The molecular formula is C12H10N4. The molecule has 3 rings (SSSR count). The molecule has 1 saturated carbocycles. The maximum absolute atomic E-state index is 9.07. The van der Waals surface area contributed by atoms with E-state index in [0.29, 0.717) is 0 Å². The molecule has 0 aromatic carbocycles. The van der Waals surface area contributed by atoms with Crippen LogP contribution in [0.3, 0.4) is 0 Å². The number of aromatic nitrogens is 3. The predicted octanol–water partition coefficient (Wildman–Crippen LogP) is 2.03. The summed E-state index contributed by atoms with van der Waals surface area (Å²) in [4.78, 5) is 11.6. The van der Waals surface area contributed by atoms with Crippen LogP contribution < -0.4 is 0 Å². The molecule has 1 fully saturated rings. The normalized spacial score (nSPS) is 16.7. The third-order valence-corrected chi connectivity index (χ3v) is 2.97. The third kappa shape index (κ3) is 1.29. The van der Waals surface area contributed by atoms with Crippen molar-refractivity contribution in [2.45, 2.75) is 18.3 Å². The second kappa shape index (κ2) is 3.17. The lowest BCUT2D eigenvalue weighted by molar-refractivity contribution is 0.822. The summed E-state index contributed by atoms with van der Waals surface area (Å²) in [5.41, 5.74) is 1.57. The van der Waals surface area contributed by atoms with Crippen LogP contribution in [0.4, 0.5) is 0 Å². The van der Waals surface area contributed by atoms with Gasteiger partial charge in [0.05, 0.1) is 18.0 Å². The first-order valence-corrected chi connectivity index (χ1v) is 5.21. The molecule has 2 aromatic heterocycles. The van der Waals surface area contributed by atoms with Gasteiger partial charge in [-0.25, -0.2) is 4.98 Å². The first kappa shape index (κ1) is 9.10. The van der Waals surface area contributed by atoms with Gasteiger partial charge >= 0.3 is 0 Å². The van der Waals surface area contributed by atoms with E-state index in [1.165, 1.54) is 0 Å². The summed E-state index contributed by atoms with van der Waals surface area (Å²) in [5, 5.41) is 9.07. The Hall–Kier alpha value is -2.15. The fraction of sp³-hybridized carbons (Fsp3) is 0.250. The lowest BCUT2D eigenvalue weighted by atomic mass is 10.1. The second-order valence-electron chi connectivity index (χ2n) is 4.08.